The molecule has 0 aliphatic heterocycles. The molecular weight excluding hydrogens is 326 g/mol. The summed E-state index contributed by atoms with van der Waals surface area (Å²) < 4.78 is 7.28. The van der Waals surface area contributed by atoms with Crippen molar-refractivity contribution in [3.63, 3.8) is 0 Å². The normalized spacial score (nSPS) is 12.2. The molecule has 24 heavy (non-hydrogen) atoms. The predicted octanol–water partition coefficient (Wildman–Crippen LogP) is 3.88. The Bertz CT molecular complexity index is 902. The molecule has 0 aliphatic rings. The van der Waals surface area contributed by atoms with Crippen LogP contribution in [0.3, 0.4) is 0 Å². The van der Waals surface area contributed by atoms with Gasteiger partial charge in [0.15, 0.2) is 0 Å². The first kappa shape index (κ1) is 16.3. The van der Waals surface area contributed by atoms with Crippen molar-refractivity contribution in [3.8, 4) is 17.0 Å². The van der Waals surface area contributed by atoms with Gasteiger partial charge < -0.3 is 10.1 Å². The molecule has 3 rings (SSSR count). The Morgan fingerprint density at radius 2 is 2.08 bits per heavy atom. The maximum atomic E-state index is 12.1. The molecule has 3 aromatic rings. The molecule has 1 aromatic carbocycles. The first-order valence-corrected chi connectivity index (χ1v) is 8.02. The number of hydrogen-bond acceptors (Lipinski definition) is 3. The Labute approximate surface area is 145 Å². The molecule has 6 heteroatoms. The van der Waals surface area contributed by atoms with Crippen LogP contribution in [0.2, 0.25) is 0 Å². The van der Waals surface area contributed by atoms with Gasteiger partial charge in [0.2, 0.25) is 5.91 Å². The molecule has 2 aromatic heterocycles. The molecule has 1 amide bonds. The van der Waals surface area contributed by atoms with Crippen LogP contribution < -0.4 is 10.1 Å². The van der Waals surface area contributed by atoms with Gasteiger partial charge in [-0.25, -0.2) is 4.98 Å². The average Bonchev–Trinajstić information content (AvgIpc) is 2.92. The number of carbonyl (C=O) groups is 1. The topological polar surface area (TPSA) is 55.6 Å². The summed E-state index contributed by atoms with van der Waals surface area (Å²) in [6.07, 6.45) is 1.88. The van der Waals surface area contributed by atoms with Gasteiger partial charge >= 0.3 is 0 Å². The highest BCUT2D eigenvalue weighted by atomic mass is 35.5. The number of methoxy groups -OCH3 is 1. The number of para-hydroxylation sites is 1. The van der Waals surface area contributed by atoms with Crippen LogP contribution in [0.4, 0.5) is 5.82 Å². The number of ether oxygens (including phenoxy) is 1. The van der Waals surface area contributed by atoms with Crippen molar-refractivity contribution < 1.29 is 9.53 Å². The number of imidazole rings is 1. The minimum atomic E-state index is -0.647. The number of aryl methyl sites for hydroxylation is 1. The van der Waals surface area contributed by atoms with Crippen molar-refractivity contribution in [2.24, 2.45) is 0 Å². The van der Waals surface area contributed by atoms with Gasteiger partial charge in [-0.2, -0.15) is 0 Å². The SMILES string of the molecule is COc1ccccc1-c1nc2cc(C)ccn2c1NC(=O)C(C)Cl. The molecule has 0 saturated carbocycles. The smallest absolute Gasteiger partial charge is 0.243 e. The number of nitrogens with one attached hydrogen (secondary N) is 1. The lowest BCUT2D eigenvalue weighted by Crippen LogP contribution is -2.21. The average molecular weight is 344 g/mol. The van der Waals surface area contributed by atoms with Crippen LogP contribution in [0.15, 0.2) is 42.6 Å². The zero-order valence-electron chi connectivity index (χ0n) is 13.7. The second-order valence-electron chi connectivity index (χ2n) is 5.55. The number of amides is 1. The van der Waals surface area contributed by atoms with Crippen LogP contribution in [0, 0.1) is 6.92 Å². The van der Waals surface area contributed by atoms with Crippen LogP contribution in [0.5, 0.6) is 5.75 Å². The van der Waals surface area contributed by atoms with E-state index in [1.165, 1.54) is 0 Å². The van der Waals surface area contributed by atoms with E-state index in [9.17, 15) is 4.79 Å². The molecule has 5 nitrogen and oxygen atoms in total. The zero-order valence-corrected chi connectivity index (χ0v) is 14.5. The lowest BCUT2D eigenvalue weighted by atomic mass is 10.1. The number of anilines is 1. The summed E-state index contributed by atoms with van der Waals surface area (Å²) in [5.74, 6) is 0.981. The molecule has 124 valence electrons. The third kappa shape index (κ3) is 2.95. The van der Waals surface area contributed by atoms with E-state index in [0.717, 1.165) is 16.8 Å². The van der Waals surface area contributed by atoms with Gasteiger partial charge in [-0.3, -0.25) is 9.20 Å². The summed E-state index contributed by atoms with van der Waals surface area (Å²) in [5.41, 5.74) is 3.28. The molecule has 0 saturated heterocycles. The molecule has 0 spiro atoms. The minimum Gasteiger partial charge on any atom is -0.496 e. The third-order valence-electron chi connectivity index (χ3n) is 3.75. The molecule has 0 aliphatic carbocycles. The number of carbonyl (C=O) groups excluding carboxylic acids is 1. The highest BCUT2D eigenvalue weighted by molar-refractivity contribution is 6.32. The summed E-state index contributed by atoms with van der Waals surface area (Å²) in [7, 11) is 1.61. The number of hydrogen-bond donors (Lipinski definition) is 1. The second-order valence-corrected chi connectivity index (χ2v) is 6.20. The Hall–Kier alpha value is -2.53. The van der Waals surface area contributed by atoms with Gasteiger partial charge in [0, 0.05) is 11.8 Å². The van der Waals surface area contributed by atoms with Crippen LogP contribution >= 0.6 is 11.6 Å². The van der Waals surface area contributed by atoms with E-state index < -0.39 is 5.38 Å². The van der Waals surface area contributed by atoms with Crippen molar-refractivity contribution in [1.29, 1.82) is 0 Å². The molecule has 2 heterocycles. The molecule has 0 bridgehead atoms. The monoisotopic (exact) mass is 343 g/mol. The molecule has 0 fully saturated rings. The zero-order chi connectivity index (χ0) is 17.3. The number of halogens is 1. The Morgan fingerprint density at radius 1 is 1.33 bits per heavy atom. The number of nitrogens with zero attached hydrogens (tertiary/aromatic N) is 2. The molecule has 1 N–H and O–H groups in total. The van der Waals surface area contributed by atoms with Crippen molar-refractivity contribution in [3.05, 3.63) is 48.2 Å². The van der Waals surface area contributed by atoms with Gasteiger partial charge in [-0.05, 0) is 43.7 Å². The molecule has 0 radical (unpaired) electrons. The van der Waals surface area contributed by atoms with E-state index >= 15 is 0 Å². The van der Waals surface area contributed by atoms with Crippen molar-refractivity contribution in [2.45, 2.75) is 19.2 Å². The molecule has 1 atom stereocenters. The first-order valence-electron chi connectivity index (χ1n) is 7.58. The summed E-state index contributed by atoms with van der Waals surface area (Å²) in [6.45, 7) is 3.63. The van der Waals surface area contributed by atoms with E-state index in [0.29, 0.717) is 17.3 Å². The fourth-order valence-electron chi connectivity index (χ4n) is 2.51. The van der Waals surface area contributed by atoms with Crippen molar-refractivity contribution in [1.82, 2.24) is 9.38 Å². The van der Waals surface area contributed by atoms with E-state index in [1.807, 2.05) is 53.9 Å². The number of benzene rings is 1. The fourth-order valence-corrected chi connectivity index (χ4v) is 2.56. The lowest BCUT2D eigenvalue weighted by Gasteiger charge is -2.11. The summed E-state index contributed by atoms with van der Waals surface area (Å²) in [4.78, 5) is 16.8. The lowest BCUT2D eigenvalue weighted by molar-refractivity contribution is -0.115. The Morgan fingerprint density at radius 3 is 2.79 bits per heavy atom. The third-order valence-corrected chi connectivity index (χ3v) is 3.94. The minimum absolute atomic E-state index is 0.282. The van der Waals surface area contributed by atoms with Crippen molar-refractivity contribution in [2.75, 3.05) is 12.4 Å². The predicted molar refractivity (Wildman–Crippen MR) is 95.9 cm³/mol. The summed E-state index contributed by atoms with van der Waals surface area (Å²) in [5, 5.41) is 2.23. The largest absolute Gasteiger partial charge is 0.496 e. The van der Waals surface area contributed by atoms with Crippen LogP contribution in [-0.2, 0) is 4.79 Å². The number of fused-ring (bicyclic) bond motifs is 1. The van der Waals surface area contributed by atoms with Crippen LogP contribution in [-0.4, -0.2) is 27.8 Å². The molecular formula is C18H18ClN3O2. The van der Waals surface area contributed by atoms with E-state index in [4.69, 9.17) is 16.3 Å². The highest BCUT2D eigenvalue weighted by Gasteiger charge is 2.20. The number of aromatic nitrogens is 2. The summed E-state index contributed by atoms with van der Waals surface area (Å²) >= 11 is 5.91. The van der Waals surface area contributed by atoms with Gasteiger partial charge in [0.05, 0.1) is 7.11 Å². The highest BCUT2D eigenvalue weighted by Crippen LogP contribution is 2.35. The van der Waals surface area contributed by atoms with Gasteiger partial charge in [0.1, 0.15) is 28.3 Å². The Balaban J connectivity index is 2.24. The summed E-state index contributed by atoms with van der Waals surface area (Å²) in [6, 6.07) is 11.5. The van der Waals surface area contributed by atoms with E-state index in [2.05, 4.69) is 10.3 Å². The van der Waals surface area contributed by atoms with Gasteiger partial charge in [-0.1, -0.05) is 12.1 Å². The maximum Gasteiger partial charge on any atom is 0.243 e. The van der Waals surface area contributed by atoms with E-state index in [-0.39, 0.29) is 5.91 Å². The maximum absolute atomic E-state index is 12.1. The Kier molecular flexibility index (Phi) is 4.44. The first-order chi connectivity index (χ1) is 11.5. The number of pyridine rings is 1. The quantitative estimate of drug-likeness (QED) is 0.731. The van der Waals surface area contributed by atoms with Gasteiger partial charge in [-0.15, -0.1) is 11.6 Å². The number of rotatable bonds is 4. The van der Waals surface area contributed by atoms with E-state index in [1.54, 1.807) is 14.0 Å². The number of alkyl halides is 1. The fraction of sp³-hybridized carbons (Fsp3) is 0.222. The van der Waals surface area contributed by atoms with Crippen LogP contribution in [0.25, 0.3) is 16.9 Å². The van der Waals surface area contributed by atoms with Gasteiger partial charge in [0.25, 0.3) is 0 Å². The standard InChI is InChI=1S/C18H18ClN3O2/c1-11-8-9-22-15(10-11)20-16(17(22)21-18(23)12(2)19)13-6-4-5-7-14(13)24-3/h4-10,12H,1-3H3,(H,21,23). The van der Waals surface area contributed by atoms with Crippen LogP contribution in [0.1, 0.15) is 12.5 Å². The molecule has 1 unspecified atom stereocenters. The van der Waals surface area contributed by atoms with Crippen molar-refractivity contribution >= 4 is 29.0 Å². The second kappa shape index (κ2) is 6.53.